The molecule has 2 aliphatic heterocycles. The second kappa shape index (κ2) is 7.78. The van der Waals surface area contributed by atoms with E-state index < -0.39 is 5.95 Å². The molecule has 0 spiro atoms. The lowest BCUT2D eigenvalue weighted by Crippen LogP contribution is -2.31. The van der Waals surface area contributed by atoms with Gasteiger partial charge in [0, 0.05) is 29.3 Å². The van der Waals surface area contributed by atoms with Crippen LogP contribution in [0.2, 0.25) is 0 Å². The van der Waals surface area contributed by atoms with Gasteiger partial charge >= 0.3 is 0 Å². The number of pyridine rings is 1. The monoisotopic (exact) mass is 416 g/mol. The number of nitrogens with one attached hydrogen (secondary N) is 1. The number of hydrogen-bond donors (Lipinski definition) is 2. The first-order valence-electron chi connectivity index (χ1n) is 10.7. The molecule has 0 saturated carbocycles. The molecule has 6 heteroatoms. The Balaban J connectivity index is 1.57. The molecule has 2 aromatic carbocycles. The number of likely N-dealkylation sites (tertiary alicyclic amines) is 1. The molecular weight excluding hydrogens is 391 g/mol. The molecule has 3 aromatic rings. The Morgan fingerprint density at radius 2 is 1.94 bits per heavy atom. The molecule has 0 radical (unpaired) electrons. The van der Waals surface area contributed by atoms with Gasteiger partial charge in [0.15, 0.2) is 0 Å². The van der Waals surface area contributed by atoms with Crippen molar-refractivity contribution in [2.24, 2.45) is 0 Å². The van der Waals surface area contributed by atoms with Crippen LogP contribution >= 0.6 is 0 Å². The van der Waals surface area contributed by atoms with Crippen molar-refractivity contribution in [3.63, 3.8) is 0 Å². The first-order chi connectivity index (χ1) is 15.0. The molecule has 1 fully saturated rings. The Morgan fingerprint density at radius 3 is 2.74 bits per heavy atom. The van der Waals surface area contributed by atoms with Crippen LogP contribution in [0.5, 0.6) is 0 Å². The molecular formula is C25H25FN4O. The van der Waals surface area contributed by atoms with Gasteiger partial charge in [0.25, 0.3) is 5.91 Å². The van der Waals surface area contributed by atoms with Gasteiger partial charge in [-0.3, -0.25) is 9.69 Å². The maximum atomic E-state index is 14.9. The zero-order chi connectivity index (χ0) is 21.5. The molecule has 2 aliphatic rings. The number of rotatable bonds is 3. The maximum absolute atomic E-state index is 14.9. The third-order valence-corrected chi connectivity index (χ3v) is 6.45. The van der Waals surface area contributed by atoms with Crippen LogP contribution in [0.4, 0.5) is 10.2 Å². The summed E-state index contributed by atoms with van der Waals surface area (Å²) in [7, 11) is 2.13. The highest BCUT2D eigenvalue weighted by molar-refractivity contribution is 5.97. The first kappa shape index (κ1) is 19.7. The summed E-state index contributed by atoms with van der Waals surface area (Å²) in [6.45, 7) is 1.69. The average Bonchev–Trinajstić information content (AvgIpc) is 3.20. The van der Waals surface area contributed by atoms with E-state index in [1.807, 2.05) is 24.3 Å². The van der Waals surface area contributed by atoms with E-state index in [2.05, 4.69) is 34.4 Å². The van der Waals surface area contributed by atoms with Crippen molar-refractivity contribution in [1.82, 2.24) is 15.2 Å². The summed E-state index contributed by atoms with van der Waals surface area (Å²) >= 11 is 0. The lowest BCUT2D eigenvalue weighted by molar-refractivity contribution is 0.0946. The summed E-state index contributed by atoms with van der Waals surface area (Å²) in [6, 6.07) is 15.8. The van der Waals surface area contributed by atoms with E-state index in [1.54, 1.807) is 12.1 Å². The van der Waals surface area contributed by atoms with Gasteiger partial charge in [0.2, 0.25) is 5.95 Å². The van der Waals surface area contributed by atoms with E-state index in [-0.39, 0.29) is 11.7 Å². The van der Waals surface area contributed by atoms with E-state index in [4.69, 9.17) is 5.73 Å². The minimum absolute atomic E-state index is 0.0626. The van der Waals surface area contributed by atoms with Gasteiger partial charge in [-0.25, -0.2) is 4.98 Å². The van der Waals surface area contributed by atoms with Crippen LogP contribution in [0.25, 0.3) is 22.3 Å². The molecule has 0 aliphatic carbocycles. The Morgan fingerprint density at radius 1 is 1.10 bits per heavy atom. The fourth-order valence-electron chi connectivity index (χ4n) is 4.78. The molecule has 1 amide bonds. The van der Waals surface area contributed by atoms with Crippen LogP contribution in [0, 0.1) is 5.95 Å². The minimum atomic E-state index is -0.574. The highest BCUT2D eigenvalue weighted by Gasteiger charge is 2.23. The fraction of sp³-hybridized carbons (Fsp3) is 0.280. The van der Waals surface area contributed by atoms with Gasteiger partial charge in [-0.15, -0.1) is 0 Å². The first-order valence-corrected chi connectivity index (χ1v) is 10.7. The summed E-state index contributed by atoms with van der Waals surface area (Å²) in [6.07, 6.45) is 3.04. The standard InChI is InChI=1S/C25H25FN4O/c1-30-11-3-6-22(30)18-5-2-4-15(13-18)20-14-21(24(27)29-23(20)26)16-7-8-19-17(12-16)9-10-28-25(19)31/h2,4-5,7-8,12-14,22H,3,6,9-11H2,1H3,(H2,27,29)(H,28,31)/t22-/m0/s1. The average molecular weight is 417 g/mol. The highest BCUT2D eigenvalue weighted by atomic mass is 19.1. The number of nitrogen functional groups attached to an aromatic ring is 1. The second-order valence-electron chi connectivity index (χ2n) is 8.40. The van der Waals surface area contributed by atoms with Crippen molar-refractivity contribution >= 4 is 11.7 Å². The van der Waals surface area contributed by atoms with Crippen molar-refractivity contribution in [3.8, 4) is 22.3 Å². The molecule has 0 unspecified atom stereocenters. The molecule has 3 N–H and O–H groups in total. The number of halogens is 1. The molecule has 0 bridgehead atoms. The summed E-state index contributed by atoms with van der Waals surface area (Å²) < 4.78 is 14.9. The van der Waals surface area contributed by atoms with Gasteiger partial charge in [-0.1, -0.05) is 30.3 Å². The minimum Gasteiger partial charge on any atom is -0.383 e. The number of nitrogens with two attached hydrogens (primary N) is 1. The predicted octanol–water partition coefficient (Wildman–Crippen LogP) is 4.19. The van der Waals surface area contributed by atoms with Gasteiger partial charge in [-0.05, 0) is 73.3 Å². The van der Waals surface area contributed by atoms with Gasteiger partial charge in [0.1, 0.15) is 5.82 Å². The number of anilines is 1. The SMILES string of the molecule is CN1CCC[C@H]1c1cccc(-c2cc(-c3ccc4c(c3)CCNC4=O)c(N)nc2F)c1. The smallest absolute Gasteiger partial charge is 0.251 e. The van der Waals surface area contributed by atoms with Crippen molar-refractivity contribution in [1.29, 1.82) is 0 Å². The molecule has 31 heavy (non-hydrogen) atoms. The quantitative estimate of drug-likeness (QED) is 0.628. The Hall–Kier alpha value is -3.25. The van der Waals surface area contributed by atoms with Crippen molar-refractivity contribution in [3.05, 3.63) is 71.2 Å². The molecule has 5 nitrogen and oxygen atoms in total. The van der Waals surface area contributed by atoms with Crippen molar-refractivity contribution in [2.45, 2.75) is 25.3 Å². The number of carbonyl (C=O) groups is 1. The van der Waals surface area contributed by atoms with Crippen LogP contribution in [0.3, 0.4) is 0 Å². The molecule has 1 aromatic heterocycles. The van der Waals surface area contributed by atoms with Crippen LogP contribution in [0.15, 0.2) is 48.5 Å². The Labute approximate surface area is 181 Å². The molecule has 3 heterocycles. The number of aromatic nitrogens is 1. The van der Waals surface area contributed by atoms with E-state index >= 15 is 0 Å². The van der Waals surface area contributed by atoms with Crippen LogP contribution in [0.1, 0.15) is 40.4 Å². The van der Waals surface area contributed by atoms with Crippen LogP contribution in [-0.4, -0.2) is 35.9 Å². The Bertz CT molecular complexity index is 1180. The lowest BCUT2D eigenvalue weighted by Gasteiger charge is -2.20. The number of benzene rings is 2. The topological polar surface area (TPSA) is 71.2 Å². The third-order valence-electron chi connectivity index (χ3n) is 6.45. The van der Waals surface area contributed by atoms with E-state index in [9.17, 15) is 9.18 Å². The van der Waals surface area contributed by atoms with Gasteiger partial charge < -0.3 is 11.1 Å². The zero-order valence-corrected chi connectivity index (χ0v) is 17.5. The highest BCUT2D eigenvalue weighted by Crippen LogP contribution is 2.36. The molecule has 1 atom stereocenters. The molecule has 5 rings (SSSR count). The normalized spacial score (nSPS) is 18.6. The summed E-state index contributed by atoms with van der Waals surface area (Å²) in [5, 5.41) is 2.85. The maximum Gasteiger partial charge on any atom is 0.251 e. The van der Waals surface area contributed by atoms with Crippen LogP contribution in [-0.2, 0) is 6.42 Å². The summed E-state index contributed by atoms with van der Waals surface area (Å²) in [4.78, 5) is 18.4. The number of carbonyl (C=O) groups excluding carboxylic acids is 1. The van der Waals surface area contributed by atoms with E-state index in [0.29, 0.717) is 29.3 Å². The third kappa shape index (κ3) is 3.57. The predicted molar refractivity (Wildman–Crippen MR) is 120 cm³/mol. The number of hydrogen-bond acceptors (Lipinski definition) is 4. The summed E-state index contributed by atoms with van der Waals surface area (Å²) in [5.41, 5.74) is 11.7. The van der Waals surface area contributed by atoms with Crippen LogP contribution < -0.4 is 11.1 Å². The summed E-state index contributed by atoms with van der Waals surface area (Å²) in [5.74, 6) is -0.490. The molecule has 158 valence electrons. The Kier molecular flexibility index (Phi) is 4.94. The van der Waals surface area contributed by atoms with Gasteiger partial charge in [-0.2, -0.15) is 4.39 Å². The lowest BCUT2D eigenvalue weighted by atomic mass is 9.93. The molecule has 1 saturated heterocycles. The van der Waals surface area contributed by atoms with Crippen molar-refractivity contribution < 1.29 is 9.18 Å². The largest absolute Gasteiger partial charge is 0.383 e. The van der Waals surface area contributed by atoms with Crippen molar-refractivity contribution in [2.75, 3.05) is 25.9 Å². The van der Waals surface area contributed by atoms with E-state index in [0.717, 1.165) is 36.1 Å². The number of fused-ring (bicyclic) bond motifs is 1. The zero-order valence-electron chi connectivity index (χ0n) is 17.5. The second-order valence-corrected chi connectivity index (χ2v) is 8.40. The van der Waals surface area contributed by atoms with Gasteiger partial charge in [0.05, 0.1) is 0 Å². The fourth-order valence-corrected chi connectivity index (χ4v) is 4.78. The number of nitrogens with zero attached hydrogens (tertiary/aromatic N) is 2. The number of amides is 1. The van der Waals surface area contributed by atoms with E-state index in [1.165, 1.54) is 12.0 Å².